The van der Waals surface area contributed by atoms with Gasteiger partial charge in [-0.2, -0.15) is 0 Å². The Kier molecular flexibility index (Phi) is 5.03. The standard InChI is InChI=1S/C12H15NO3S/c1-8(14)13-11(12(15)16)7-9-3-5-10(17-2)6-4-9/h3-6,11H,7H2,1-2H3,(H,13,14)(H,15,16). The van der Waals surface area contributed by atoms with E-state index >= 15 is 0 Å². The van der Waals surface area contributed by atoms with Crippen LogP contribution in [-0.2, 0) is 16.0 Å². The quantitative estimate of drug-likeness (QED) is 0.781. The highest BCUT2D eigenvalue weighted by Crippen LogP contribution is 2.15. The Morgan fingerprint density at radius 1 is 1.35 bits per heavy atom. The zero-order valence-electron chi connectivity index (χ0n) is 9.77. The van der Waals surface area contributed by atoms with Crippen LogP contribution in [0.5, 0.6) is 0 Å². The number of rotatable bonds is 5. The van der Waals surface area contributed by atoms with E-state index in [0.717, 1.165) is 10.5 Å². The molecule has 0 saturated carbocycles. The summed E-state index contributed by atoms with van der Waals surface area (Å²) in [6.45, 7) is 1.31. The van der Waals surface area contributed by atoms with Crippen molar-refractivity contribution >= 4 is 23.6 Å². The molecule has 0 aliphatic carbocycles. The first-order chi connectivity index (χ1) is 8.02. The number of amides is 1. The monoisotopic (exact) mass is 253 g/mol. The van der Waals surface area contributed by atoms with Crippen molar-refractivity contribution in [2.45, 2.75) is 24.3 Å². The van der Waals surface area contributed by atoms with Gasteiger partial charge < -0.3 is 10.4 Å². The Morgan fingerprint density at radius 3 is 2.35 bits per heavy atom. The fraction of sp³-hybridized carbons (Fsp3) is 0.333. The molecule has 1 rings (SSSR count). The molecule has 0 saturated heterocycles. The lowest BCUT2D eigenvalue weighted by atomic mass is 10.1. The predicted octanol–water partition coefficient (Wildman–Crippen LogP) is 1.54. The maximum Gasteiger partial charge on any atom is 0.326 e. The van der Waals surface area contributed by atoms with Gasteiger partial charge in [0.15, 0.2) is 0 Å². The van der Waals surface area contributed by atoms with Gasteiger partial charge in [-0.05, 0) is 24.0 Å². The number of carboxylic acids is 1. The second-order valence-corrected chi connectivity index (χ2v) is 4.52. The molecule has 4 nitrogen and oxygen atoms in total. The number of nitrogens with one attached hydrogen (secondary N) is 1. The van der Waals surface area contributed by atoms with E-state index in [1.807, 2.05) is 30.5 Å². The number of carbonyl (C=O) groups is 2. The molecule has 1 aromatic carbocycles. The van der Waals surface area contributed by atoms with Crippen LogP contribution in [-0.4, -0.2) is 29.3 Å². The summed E-state index contributed by atoms with van der Waals surface area (Å²) in [7, 11) is 0. The number of thioether (sulfide) groups is 1. The number of benzene rings is 1. The SMILES string of the molecule is CSc1ccc(CC(NC(C)=O)C(=O)O)cc1. The minimum atomic E-state index is -1.02. The molecule has 0 heterocycles. The third-order valence-corrected chi connectivity index (χ3v) is 3.02. The van der Waals surface area contributed by atoms with Crippen molar-refractivity contribution in [1.29, 1.82) is 0 Å². The summed E-state index contributed by atoms with van der Waals surface area (Å²) >= 11 is 1.63. The Hall–Kier alpha value is -1.49. The van der Waals surface area contributed by atoms with Crippen LogP contribution in [0.1, 0.15) is 12.5 Å². The van der Waals surface area contributed by atoms with Crippen molar-refractivity contribution in [1.82, 2.24) is 5.32 Å². The van der Waals surface area contributed by atoms with E-state index in [-0.39, 0.29) is 5.91 Å². The van der Waals surface area contributed by atoms with E-state index in [1.54, 1.807) is 11.8 Å². The van der Waals surface area contributed by atoms with Crippen molar-refractivity contribution < 1.29 is 14.7 Å². The van der Waals surface area contributed by atoms with Crippen LogP contribution in [0.4, 0.5) is 0 Å². The van der Waals surface area contributed by atoms with Crippen LogP contribution in [0.15, 0.2) is 29.2 Å². The molecule has 0 aliphatic rings. The van der Waals surface area contributed by atoms with Crippen LogP contribution < -0.4 is 5.32 Å². The second-order valence-electron chi connectivity index (χ2n) is 3.64. The molecular formula is C12H15NO3S. The Balaban J connectivity index is 2.71. The van der Waals surface area contributed by atoms with E-state index in [4.69, 9.17) is 5.11 Å². The molecule has 2 N–H and O–H groups in total. The first-order valence-corrected chi connectivity index (χ1v) is 6.38. The molecule has 1 atom stereocenters. The van der Waals surface area contributed by atoms with Gasteiger partial charge in [0.25, 0.3) is 0 Å². The molecule has 1 aromatic rings. The second kappa shape index (κ2) is 6.30. The zero-order chi connectivity index (χ0) is 12.8. The third-order valence-electron chi connectivity index (χ3n) is 2.27. The fourth-order valence-electron chi connectivity index (χ4n) is 1.44. The minimum absolute atomic E-state index is 0.295. The maximum absolute atomic E-state index is 10.9. The molecule has 0 radical (unpaired) electrons. The van der Waals surface area contributed by atoms with Gasteiger partial charge in [-0.15, -0.1) is 11.8 Å². The average Bonchev–Trinajstić information content (AvgIpc) is 2.28. The average molecular weight is 253 g/mol. The predicted molar refractivity (Wildman–Crippen MR) is 67.2 cm³/mol. The van der Waals surface area contributed by atoms with Crippen LogP contribution in [0, 0.1) is 0 Å². The lowest BCUT2D eigenvalue weighted by Gasteiger charge is -2.13. The van der Waals surface area contributed by atoms with Gasteiger partial charge in [0, 0.05) is 18.2 Å². The Morgan fingerprint density at radius 2 is 1.94 bits per heavy atom. The first kappa shape index (κ1) is 13.6. The minimum Gasteiger partial charge on any atom is -0.480 e. The van der Waals surface area contributed by atoms with Crippen LogP contribution in [0.3, 0.4) is 0 Å². The topological polar surface area (TPSA) is 66.4 Å². The summed E-state index contributed by atoms with van der Waals surface area (Å²) in [5.74, 6) is -1.35. The molecule has 5 heteroatoms. The summed E-state index contributed by atoms with van der Waals surface area (Å²) in [4.78, 5) is 22.9. The van der Waals surface area contributed by atoms with Crippen molar-refractivity contribution in [3.63, 3.8) is 0 Å². The molecule has 17 heavy (non-hydrogen) atoms. The Labute approximate surface area is 104 Å². The van der Waals surface area contributed by atoms with E-state index in [1.165, 1.54) is 6.92 Å². The number of aliphatic carboxylic acids is 1. The largest absolute Gasteiger partial charge is 0.480 e. The summed E-state index contributed by atoms with van der Waals surface area (Å²) in [5, 5.41) is 11.4. The van der Waals surface area contributed by atoms with Gasteiger partial charge in [-0.3, -0.25) is 4.79 Å². The van der Waals surface area contributed by atoms with Crippen molar-refractivity contribution in [3.8, 4) is 0 Å². The van der Waals surface area contributed by atoms with Gasteiger partial charge in [0.05, 0.1) is 0 Å². The van der Waals surface area contributed by atoms with E-state index < -0.39 is 12.0 Å². The summed E-state index contributed by atoms with van der Waals surface area (Å²) in [6.07, 6.45) is 2.27. The highest BCUT2D eigenvalue weighted by molar-refractivity contribution is 7.98. The lowest BCUT2D eigenvalue weighted by molar-refractivity contribution is -0.141. The number of hydrogen-bond donors (Lipinski definition) is 2. The van der Waals surface area contributed by atoms with Crippen molar-refractivity contribution in [3.05, 3.63) is 29.8 Å². The van der Waals surface area contributed by atoms with E-state index in [0.29, 0.717) is 6.42 Å². The fourth-order valence-corrected chi connectivity index (χ4v) is 1.85. The molecule has 0 fully saturated rings. The number of carbonyl (C=O) groups excluding carboxylic acids is 1. The summed E-state index contributed by atoms with van der Waals surface area (Å²) in [5.41, 5.74) is 0.893. The number of hydrogen-bond acceptors (Lipinski definition) is 3. The normalized spacial score (nSPS) is 11.9. The van der Waals surface area contributed by atoms with Crippen LogP contribution in [0.2, 0.25) is 0 Å². The molecular weight excluding hydrogens is 238 g/mol. The summed E-state index contributed by atoms with van der Waals surface area (Å²) in [6, 6.07) is 6.76. The molecule has 0 aliphatic heterocycles. The molecule has 1 amide bonds. The highest BCUT2D eigenvalue weighted by atomic mass is 32.2. The number of carboxylic acid groups (broad SMARTS) is 1. The molecule has 92 valence electrons. The van der Waals surface area contributed by atoms with Gasteiger partial charge in [-0.1, -0.05) is 12.1 Å². The highest BCUT2D eigenvalue weighted by Gasteiger charge is 2.18. The van der Waals surface area contributed by atoms with Gasteiger partial charge in [0.2, 0.25) is 5.91 Å². The first-order valence-electron chi connectivity index (χ1n) is 5.15. The van der Waals surface area contributed by atoms with Gasteiger partial charge in [0.1, 0.15) is 6.04 Å². The zero-order valence-corrected chi connectivity index (χ0v) is 10.6. The van der Waals surface area contributed by atoms with Gasteiger partial charge in [-0.25, -0.2) is 4.79 Å². The lowest BCUT2D eigenvalue weighted by Crippen LogP contribution is -2.41. The third kappa shape index (κ3) is 4.48. The molecule has 0 spiro atoms. The van der Waals surface area contributed by atoms with E-state index in [9.17, 15) is 9.59 Å². The summed E-state index contributed by atoms with van der Waals surface area (Å²) < 4.78 is 0. The maximum atomic E-state index is 10.9. The smallest absolute Gasteiger partial charge is 0.326 e. The van der Waals surface area contributed by atoms with Gasteiger partial charge >= 0.3 is 5.97 Å². The molecule has 1 unspecified atom stereocenters. The van der Waals surface area contributed by atoms with Crippen LogP contribution in [0.25, 0.3) is 0 Å². The van der Waals surface area contributed by atoms with E-state index in [2.05, 4.69) is 5.32 Å². The Bertz CT molecular complexity index is 403. The molecule has 0 aromatic heterocycles. The molecule has 0 bridgehead atoms. The van der Waals surface area contributed by atoms with Crippen LogP contribution >= 0.6 is 11.8 Å². The van der Waals surface area contributed by atoms with Crippen molar-refractivity contribution in [2.75, 3.05) is 6.26 Å². The van der Waals surface area contributed by atoms with Crippen molar-refractivity contribution in [2.24, 2.45) is 0 Å².